The van der Waals surface area contributed by atoms with Gasteiger partial charge in [0.2, 0.25) is 0 Å². The molecule has 0 fully saturated rings. The monoisotopic (exact) mass is 242 g/mol. The van der Waals surface area contributed by atoms with Crippen LogP contribution in [0.25, 0.3) is 0 Å². The van der Waals surface area contributed by atoms with Gasteiger partial charge in [0.05, 0.1) is 7.11 Å². The Morgan fingerprint density at radius 3 is 2.25 bits per heavy atom. The predicted molar refractivity (Wildman–Crippen MR) is 47.5 cm³/mol. The van der Waals surface area contributed by atoms with E-state index in [1.807, 2.05) is 0 Å². The molecule has 1 unspecified atom stereocenters. The van der Waals surface area contributed by atoms with Gasteiger partial charge in [-0.3, -0.25) is 4.79 Å². The molecule has 0 saturated heterocycles. The summed E-state index contributed by atoms with van der Waals surface area (Å²) in [6.45, 7) is 1.77. The maximum absolute atomic E-state index is 12.3. The highest BCUT2D eigenvalue weighted by Crippen LogP contribution is 2.24. The Kier molecular flexibility index (Phi) is 5.84. The molecule has 0 saturated carbocycles. The minimum Gasteiger partial charge on any atom is -0.466 e. The van der Waals surface area contributed by atoms with Crippen LogP contribution in [0.2, 0.25) is 0 Å². The molecule has 0 aliphatic heterocycles. The fourth-order valence-corrected chi connectivity index (χ4v) is 0.867. The number of unbranched alkanes of at least 4 members (excludes halogenated alkanes) is 1. The second-order valence-corrected chi connectivity index (χ2v) is 3.04. The highest BCUT2D eigenvalue weighted by atomic mass is 19.4. The van der Waals surface area contributed by atoms with Crippen LogP contribution in [0.4, 0.5) is 13.2 Å². The molecule has 0 N–H and O–H groups in total. The normalized spacial score (nSPS) is 13.1. The van der Waals surface area contributed by atoms with Crippen molar-refractivity contribution in [1.29, 1.82) is 0 Å². The summed E-state index contributed by atoms with van der Waals surface area (Å²) in [6, 6.07) is 0. The van der Waals surface area contributed by atoms with E-state index >= 15 is 0 Å². The highest BCUT2D eigenvalue weighted by molar-refractivity contribution is 5.80. The standard InChI is InChI=1S/C9H13F3O4/c1-3-4-5-6(13)16-7(8(14)15-2)9(10,11)12/h7H,3-5H2,1-2H3. The zero-order chi connectivity index (χ0) is 12.8. The first-order valence-electron chi connectivity index (χ1n) is 4.67. The zero-order valence-corrected chi connectivity index (χ0v) is 8.97. The Labute approximate surface area is 90.7 Å². The van der Waals surface area contributed by atoms with Crippen LogP contribution in [0.5, 0.6) is 0 Å². The molecule has 0 bridgehead atoms. The minimum atomic E-state index is -4.95. The number of rotatable bonds is 5. The lowest BCUT2D eigenvalue weighted by molar-refractivity contribution is -0.228. The van der Waals surface area contributed by atoms with Gasteiger partial charge in [-0.2, -0.15) is 13.2 Å². The molecule has 1 atom stereocenters. The number of esters is 2. The lowest BCUT2D eigenvalue weighted by atomic mass is 10.2. The number of methoxy groups -OCH3 is 1. The smallest absolute Gasteiger partial charge is 0.436 e. The van der Waals surface area contributed by atoms with E-state index in [1.54, 1.807) is 6.92 Å². The number of ether oxygens (including phenoxy) is 2. The lowest BCUT2D eigenvalue weighted by Crippen LogP contribution is -2.41. The van der Waals surface area contributed by atoms with Crippen molar-refractivity contribution in [2.24, 2.45) is 0 Å². The molecule has 0 rings (SSSR count). The van der Waals surface area contributed by atoms with E-state index < -0.39 is 24.2 Å². The molecular formula is C9H13F3O4. The molecule has 94 valence electrons. The fourth-order valence-electron chi connectivity index (χ4n) is 0.867. The number of carbonyl (C=O) groups is 2. The molecule has 16 heavy (non-hydrogen) atoms. The Morgan fingerprint density at radius 1 is 1.31 bits per heavy atom. The van der Waals surface area contributed by atoms with E-state index in [-0.39, 0.29) is 6.42 Å². The summed E-state index contributed by atoms with van der Waals surface area (Å²) in [5, 5.41) is 0. The van der Waals surface area contributed by atoms with Crippen LogP contribution in [0.3, 0.4) is 0 Å². The number of carbonyl (C=O) groups excluding carboxylic acids is 2. The molecule has 0 aliphatic carbocycles. The number of halogens is 3. The van der Waals surface area contributed by atoms with Gasteiger partial charge in [0.1, 0.15) is 0 Å². The summed E-state index contributed by atoms with van der Waals surface area (Å²) < 4.78 is 44.7. The third-order valence-electron chi connectivity index (χ3n) is 1.70. The Balaban J connectivity index is 4.44. The molecule has 0 aromatic carbocycles. The van der Waals surface area contributed by atoms with Crippen molar-refractivity contribution < 1.29 is 32.2 Å². The van der Waals surface area contributed by atoms with Crippen molar-refractivity contribution in [3.8, 4) is 0 Å². The highest BCUT2D eigenvalue weighted by Gasteiger charge is 2.49. The third-order valence-corrected chi connectivity index (χ3v) is 1.70. The van der Waals surface area contributed by atoms with Crippen molar-refractivity contribution in [2.45, 2.75) is 38.5 Å². The van der Waals surface area contributed by atoms with E-state index in [4.69, 9.17) is 0 Å². The van der Waals surface area contributed by atoms with E-state index in [0.717, 1.165) is 7.11 Å². The van der Waals surface area contributed by atoms with Crippen LogP contribution < -0.4 is 0 Å². The quantitative estimate of drug-likeness (QED) is 0.690. The van der Waals surface area contributed by atoms with Crippen molar-refractivity contribution in [3.63, 3.8) is 0 Å². The molecule has 0 radical (unpaired) electrons. The fraction of sp³-hybridized carbons (Fsp3) is 0.778. The number of hydrogen-bond acceptors (Lipinski definition) is 4. The van der Waals surface area contributed by atoms with Gasteiger partial charge in [-0.15, -0.1) is 0 Å². The Hall–Kier alpha value is -1.27. The lowest BCUT2D eigenvalue weighted by Gasteiger charge is -2.18. The largest absolute Gasteiger partial charge is 0.466 e. The first-order valence-corrected chi connectivity index (χ1v) is 4.67. The molecule has 4 nitrogen and oxygen atoms in total. The Morgan fingerprint density at radius 2 is 1.88 bits per heavy atom. The zero-order valence-electron chi connectivity index (χ0n) is 8.97. The van der Waals surface area contributed by atoms with E-state index in [0.29, 0.717) is 12.8 Å². The number of hydrogen-bond donors (Lipinski definition) is 0. The van der Waals surface area contributed by atoms with Gasteiger partial charge in [-0.1, -0.05) is 13.3 Å². The van der Waals surface area contributed by atoms with Crippen LogP contribution in [0.15, 0.2) is 0 Å². The summed E-state index contributed by atoms with van der Waals surface area (Å²) >= 11 is 0. The van der Waals surface area contributed by atoms with E-state index in [1.165, 1.54) is 0 Å². The van der Waals surface area contributed by atoms with Crippen LogP contribution in [-0.2, 0) is 19.1 Å². The van der Waals surface area contributed by atoms with Crippen molar-refractivity contribution in [3.05, 3.63) is 0 Å². The van der Waals surface area contributed by atoms with Crippen molar-refractivity contribution in [1.82, 2.24) is 0 Å². The maximum atomic E-state index is 12.3. The van der Waals surface area contributed by atoms with Crippen LogP contribution in [0, 0.1) is 0 Å². The predicted octanol–water partition coefficient (Wildman–Crippen LogP) is 1.82. The van der Waals surface area contributed by atoms with Gasteiger partial charge in [0.25, 0.3) is 6.10 Å². The van der Waals surface area contributed by atoms with E-state index in [9.17, 15) is 22.8 Å². The topological polar surface area (TPSA) is 52.6 Å². The van der Waals surface area contributed by atoms with Gasteiger partial charge in [0.15, 0.2) is 0 Å². The molecule has 0 aromatic rings. The van der Waals surface area contributed by atoms with E-state index in [2.05, 4.69) is 9.47 Å². The molecule has 0 spiro atoms. The summed E-state index contributed by atoms with van der Waals surface area (Å²) in [6.07, 6.45) is -6.88. The molecule has 0 aromatic heterocycles. The van der Waals surface area contributed by atoms with Gasteiger partial charge in [0, 0.05) is 6.42 Å². The molecule has 0 amide bonds. The van der Waals surface area contributed by atoms with Crippen LogP contribution >= 0.6 is 0 Å². The van der Waals surface area contributed by atoms with Gasteiger partial charge < -0.3 is 9.47 Å². The van der Waals surface area contributed by atoms with Gasteiger partial charge in [-0.05, 0) is 6.42 Å². The first-order chi connectivity index (χ1) is 7.32. The summed E-state index contributed by atoms with van der Waals surface area (Å²) in [4.78, 5) is 21.7. The second kappa shape index (κ2) is 6.34. The summed E-state index contributed by atoms with van der Waals surface area (Å²) in [5.74, 6) is -2.69. The van der Waals surface area contributed by atoms with Gasteiger partial charge in [-0.25, -0.2) is 4.79 Å². The SMILES string of the molecule is CCCCC(=O)OC(C(=O)OC)C(F)(F)F. The molecule has 0 aliphatic rings. The second-order valence-electron chi connectivity index (χ2n) is 3.04. The minimum absolute atomic E-state index is 0.153. The van der Waals surface area contributed by atoms with Gasteiger partial charge >= 0.3 is 18.1 Å². The molecule has 7 heteroatoms. The van der Waals surface area contributed by atoms with Crippen LogP contribution in [0.1, 0.15) is 26.2 Å². The van der Waals surface area contributed by atoms with Crippen molar-refractivity contribution in [2.75, 3.05) is 7.11 Å². The average Bonchev–Trinajstić information content (AvgIpc) is 2.20. The third kappa shape index (κ3) is 4.99. The maximum Gasteiger partial charge on any atom is 0.436 e. The van der Waals surface area contributed by atoms with Crippen LogP contribution in [-0.4, -0.2) is 31.3 Å². The molecular weight excluding hydrogens is 229 g/mol. The van der Waals surface area contributed by atoms with Crippen molar-refractivity contribution >= 4 is 11.9 Å². The Bertz CT molecular complexity index is 250. The molecule has 0 heterocycles. The summed E-state index contributed by atoms with van der Waals surface area (Å²) in [5.41, 5.74) is 0. The average molecular weight is 242 g/mol. The number of alkyl halides is 3. The summed E-state index contributed by atoms with van der Waals surface area (Å²) in [7, 11) is 0.793. The first kappa shape index (κ1) is 14.7.